The highest BCUT2D eigenvalue weighted by molar-refractivity contribution is 5.80. The van der Waals surface area contributed by atoms with Crippen LogP contribution in [0, 0.1) is 0 Å². The number of esters is 1. The van der Waals surface area contributed by atoms with E-state index in [1.807, 2.05) is 55.5 Å². The summed E-state index contributed by atoms with van der Waals surface area (Å²) in [4.78, 5) is 30.6. The molecule has 0 spiro atoms. The van der Waals surface area contributed by atoms with Gasteiger partial charge < -0.3 is 4.74 Å². The quantitative estimate of drug-likeness (QED) is 0.276. The standard InChI is InChI=1S/C29H34N6O3/c1-4-7-12-26-30-25(5-2)24(17-18-27(36)38-6-3)29(37)35(26)19-20-13-15-21(16-14-20)22-10-8-9-11-23(22)28-31-33-34-32-28/h8-11,13-16H,4-7,12,17-19H2,1-3H3,(H,31,32,33,34). The average molecular weight is 515 g/mol. The Kier molecular flexibility index (Phi) is 9.13. The number of rotatable bonds is 12. The van der Waals surface area contributed by atoms with Gasteiger partial charge >= 0.3 is 5.97 Å². The summed E-state index contributed by atoms with van der Waals surface area (Å²) in [5, 5.41) is 14.3. The Morgan fingerprint density at radius 2 is 1.76 bits per heavy atom. The Labute approximate surface area is 222 Å². The van der Waals surface area contributed by atoms with E-state index in [4.69, 9.17) is 9.72 Å². The highest BCUT2D eigenvalue weighted by Gasteiger charge is 2.18. The Morgan fingerprint density at radius 1 is 1.00 bits per heavy atom. The summed E-state index contributed by atoms with van der Waals surface area (Å²) in [5.74, 6) is 1.10. The summed E-state index contributed by atoms with van der Waals surface area (Å²) < 4.78 is 6.85. The highest BCUT2D eigenvalue weighted by Crippen LogP contribution is 2.29. The van der Waals surface area contributed by atoms with E-state index in [9.17, 15) is 9.59 Å². The van der Waals surface area contributed by atoms with Crippen molar-refractivity contribution in [2.75, 3.05) is 6.61 Å². The molecule has 0 atom stereocenters. The number of aromatic amines is 1. The minimum atomic E-state index is -0.299. The van der Waals surface area contributed by atoms with Gasteiger partial charge in [0.1, 0.15) is 5.82 Å². The molecule has 1 N–H and O–H groups in total. The SMILES string of the molecule is CCCCc1nc(CC)c(CCC(=O)OCC)c(=O)n1Cc1ccc(-c2ccccc2-c2nnn[nH]2)cc1. The molecule has 4 rings (SSSR count). The fourth-order valence-electron chi connectivity index (χ4n) is 4.57. The molecule has 0 aliphatic heterocycles. The molecule has 0 fully saturated rings. The van der Waals surface area contributed by atoms with E-state index in [1.54, 1.807) is 11.5 Å². The Bertz CT molecular complexity index is 1410. The van der Waals surface area contributed by atoms with Gasteiger partial charge in [0.05, 0.1) is 18.8 Å². The number of nitrogens with zero attached hydrogens (tertiary/aromatic N) is 5. The van der Waals surface area contributed by atoms with E-state index in [0.717, 1.165) is 53.0 Å². The molecule has 198 valence electrons. The van der Waals surface area contributed by atoms with E-state index in [1.165, 1.54) is 0 Å². The Morgan fingerprint density at radius 3 is 2.42 bits per heavy atom. The van der Waals surface area contributed by atoms with Crippen molar-refractivity contribution in [1.82, 2.24) is 30.2 Å². The molecule has 0 aliphatic rings. The second kappa shape index (κ2) is 12.9. The van der Waals surface area contributed by atoms with Crippen molar-refractivity contribution in [2.45, 2.75) is 65.8 Å². The van der Waals surface area contributed by atoms with Gasteiger partial charge in [0, 0.05) is 24.0 Å². The van der Waals surface area contributed by atoms with Crippen LogP contribution in [0.25, 0.3) is 22.5 Å². The lowest BCUT2D eigenvalue weighted by atomic mass is 9.98. The third kappa shape index (κ3) is 6.22. The number of H-pyrrole nitrogens is 1. The minimum absolute atomic E-state index is 0.0699. The largest absolute Gasteiger partial charge is 0.466 e. The second-order valence-corrected chi connectivity index (χ2v) is 9.10. The minimum Gasteiger partial charge on any atom is -0.466 e. The van der Waals surface area contributed by atoms with E-state index in [-0.39, 0.29) is 17.9 Å². The van der Waals surface area contributed by atoms with Crippen LogP contribution in [0.5, 0.6) is 0 Å². The van der Waals surface area contributed by atoms with Gasteiger partial charge in [-0.15, -0.1) is 5.10 Å². The lowest BCUT2D eigenvalue weighted by molar-refractivity contribution is -0.143. The summed E-state index contributed by atoms with van der Waals surface area (Å²) in [7, 11) is 0. The van der Waals surface area contributed by atoms with Crippen LogP contribution in [0.15, 0.2) is 53.3 Å². The van der Waals surface area contributed by atoms with Crippen molar-refractivity contribution in [2.24, 2.45) is 0 Å². The number of ether oxygens (including phenoxy) is 1. The normalized spacial score (nSPS) is 11.0. The number of benzene rings is 2. The van der Waals surface area contributed by atoms with Gasteiger partial charge in [-0.05, 0) is 53.3 Å². The number of tetrazole rings is 1. The molecule has 0 saturated carbocycles. The van der Waals surface area contributed by atoms with Gasteiger partial charge in [0.2, 0.25) is 0 Å². The number of nitrogens with one attached hydrogen (secondary N) is 1. The summed E-state index contributed by atoms with van der Waals surface area (Å²) in [5.41, 5.74) is 5.24. The predicted molar refractivity (Wildman–Crippen MR) is 146 cm³/mol. The zero-order valence-corrected chi connectivity index (χ0v) is 22.2. The van der Waals surface area contributed by atoms with E-state index < -0.39 is 0 Å². The predicted octanol–water partition coefficient (Wildman–Crippen LogP) is 4.54. The zero-order valence-electron chi connectivity index (χ0n) is 22.2. The van der Waals surface area contributed by atoms with Gasteiger partial charge in [-0.25, -0.2) is 10.1 Å². The molecule has 2 aromatic carbocycles. The molecule has 0 amide bonds. The third-order valence-corrected chi connectivity index (χ3v) is 6.53. The fraction of sp³-hybridized carbons (Fsp3) is 0.379. The van der Waals surface area contributed by atoms with Gasteiger partial charge in [0.15, 0.2) is 5.82 Å². The van der Waals surface area contributed by atoms with Crippen molar-refractivity contribution in [1.29, 1.82) is 0 Å². The van der Waals surface area contributed by atoms with Gasteiger partial charge in [0.25, 0.3) is 5.56 Å². The average Bonchev–Trinajstić information content (AvgIpc) is 3.48. The number of carbonyl (C=O) groups is 1. The summed E-state index contributed by atoms with van der Waals surface area (Å²) in [6.45, 7) is 6.64. The molecule has 0 bridgehead atoms. The molecule has 2 heterocycles. The number of carbonyl (C=O) groups excluding carboxylic acids is 1. The smallest absolute Gasteiger partial charge is 0.306 e. The first-order chi connectivity index (χ1) is 18.5. The number of aryl methyl sites for hydroxylation is 2. The van der Waals surface area contributed by atoms with Crippen LogP contribution in [0.4, 0.5) is 0 Å². The lowest BCUT2D eigenvalue weighted by Crippen LogP contribution is -2.31. The maximum Gasteiger partial charge on any atom is 0.306 e. The Hall–Kier alpha value is -4.14. The first-order valence-electron chi connectivity index (χ1n) is 13.2. The molecule has 2 aromatic heterocycles. The summed E-state index contributed by atoms with van der Waals surface area (Å²) in [6.07, 6.45) is 3.82. The molecule has 38 heavy (non-hydrogen) atoms. The third-order valence-electron chi connectivity index (χ3n) is 6.53. The van der Waals surface area contributed by atoms with Crippen LogP contribution in [0.1, 0.15) is 62.7 Å². The molecular weight excluding hydrogens is 480 g/mol. The first-order valence-corrected chi connectivity index (χ1v) is 13.2. The molecule has 0 radical (unpaired) electrons. The lowest BCUT2D eigenvalue weighted by Gasteiger charge is -2.17. The van der Waals surface area contributed by atoms with E-state index in [0.29, 0.717) is 37.4 Å². The van der Waals surface area contributed by atoms with Crippen molar-refractivity contribution in [3.8, 4) is 22.5 Å². The van der Waals surface area contributed by atoms with Crippen LogP contribution in [-0.4, -0.2) is 42.8 Å². The van der Waals surface area contributed by atoms with Crippen LogP contribution < -0.4 is 5.56 Å². The molecule has 9 nitrogen and oxygen atoms in total. The van der Waals surface area contributed by atoms with Crippen LogP contribution in [0.3, 0.4) is 0 Å². The second-order valence-electron chi connectivity index (χ2n) is 9.10. The number of hydrogen-bond donors (Lipinski definition) is 1. The molecule has 9 heteroatoms. The fourth-order valence-corrected chi connectivity index (χ4v) is 4.57. The number of hydrogen-bond acceptors (Lipinski definition) is 7. The zero-order chi connectivity index (χ0) is 26.9. The van der Waals surface area contributed by atoms with Gasteiger partial charge in [-0.2, -0.15) is 0 Å². The number of unbranched alkanes of at least 4 members (excludes halogenated alkanes) is 1. The molecular formula is C29H34N6O3. The van der Waals surface area contributed by atoms with Gasteiger partial charge in [-0.3, -0.25) is 14.2 Å². The van der Waals surface area contributed by atoms with Crippen LogP contribution >= 0.6 is 0 Å². The highest BCUT2D eigenvalue weighted by atomic mass is 16.5. The monoisotopic (exact) mass is 514 g/mol. The first kappa shape index (κ1) is 26.9. The summed E-state index contributed by atoms with van der Waals surface area (Å²) in [6, 6.07) is 16.1. The van der Waals surface area contributed by atoms with Crippen molar-refractivity contribution < 1.29 is 9.53 Å². The van der Waals surface area contributed by atoms with E-state index >= 15 is 0 Å². The van der Waals surface area contributed by atoms with Crippen LogP contribution in [0.2, 0.25) is 0 Å². The van der Waals surface area contributed by atoms with Gasteiger partial charge in [-0.1, -0.05) is 68.8 Å². The van der Waals surface area contributed by atoms with Crippen LogP contribution in [-0.2, 0) is 35.3 Å². The van der Waals surface area contributed by atoms with Crippen molar-refractivity contribution in [3.05, 3.63) is 81.5 Å². The van der Waals surface area contributed by atoms with Crippen molar-refractivity contribution in [3.63, 3.8) is 0 Å². The van der Waals surface area contributed by atoms with E-state index in [2.05, 4.69) is 27.5 Å². The topological polar surface area (TPSA) is 116 Å². The van der Waals surface area contributed by atoms with Crippen molar-refractivity contribution >= 4 is 5.97 Å². The molecule has 0 saturated heterocycles. The number of aromatic nitrogens is 6. The molecule has 0 aliphatic carbocycles. The maximum atomic E-state index is 13.7. The maximum absolute atomic E-state index is 13.7. The Balaban J connectivity index is 1.65. The molecule has 0 unspecified atom stereocenters. The molecule has 4 aromatic rings. The summed E-state index contributed by atoms with van der Waals surface area (Å²) >= 11 is 0.